The van der Waals surface area contributed by atoms with Gasteiger partial charge in [-0.2, -0.15) is 11.3 Å². The maximum Gasteiger partial charge on any atom is 0.289 e. The first kappa shape index (κ1) is 16.3. The van der Waals surface area contributed by atoms with Crippen molar-refractivity contribution in [3.63, 3.8) is 0 Å². The van der Waals surface area contributed by atoms with Crippen LogP contribution < -0.4 is 0 Å². The van der Waals surface area contributed by atoms with Crippen LogP contribution >= 0.6 is 11.3 Å². The average Bonchev–Trinajstić information content (AvgIpc) is 3.26. The molecule has 1 aliphatic rings. The molecule has 1 amide bonds. The summed E-state index contributed by atoms with van der Waals surface area (Å²) in [6.07, 6.45) is 3.82. The van der Waals surface area contributed by atoms with Gasteiger partial charge >= 0.3 is 0 Å². The Morgan fingerprint density at radius 1 is 1.30 bits per heavy atom. The number of hydrogen-bond acceptors (Lipinski definition) is 4. The van der Waals surface area contributed by atoms with Crippen molar-refractivity contribution < 1.29 is 9.21 Å². The van der Waals surface area contributed by atoms with E-state index >= 15 is 0 Å². The Kier molecular flexibility index (Phi) is 5.18. The van der Waals surface area contributed by atoms with Gasteiger partial charge in [-0.05, 0) is 67.4 Å². The largest absolute Gasteiger partial charge is 0.454 e. The monoisotopic (exact) mass is 332 g/mol. The van der Waals surface area contributed by atoms with Crippen LogP contribution in [0.5, 0.6) is 0 Å². The third kappa shape index (κ3) is 3.85. The number of rotatable bonds is 5. The van der Waals surface area contributed by atoms with E-state index in [1.165, 1.54) is 19.3 Å². The summed E-state index contributed by atoms with van der Waals surface area (Å²) in [6.45, 7) is 5.00. The summed E-state index contributed by atoms with van der Waals surface area (Å²) in [5.74, 6) is 1.26. The third-order valence-corrected chi connectivity index (χ3v) is 5.27. The minimum absolute atomic E-state index is 0.0618. The van der Waals surface area contributed by atoms with Crippen molar-refractivity contribution >= 4 is 17.2 Å². The molecule has 0 aromatic carbocycles. The molecule has 1 saturated heterocycles. The lowest BCUT2D eigenvalue weighted by atomic mass is 10.1. The van der Waals surface area contributed by atoms with Crippen molar-refractivity contribution in [1.29, 1.82) is 0 Å². The van der Waals surface area contributed by atoms with Gasteiger partial charge in [-0.1, -0.05) is 6.42 Å². The minimum Gasteiger partial charge on any atom is -0.454 e. The fraction of sp³-hybridized carbons (Fsp3) is 0.500. The summed E-state index contributed by atoms with van der Waals surface area (Å²) in [5.41, 5.74) is 1.15. The van der Waals surface area contributed by atoms with E-state index in [9.17, 15) is 4.79 Å². The molecule has 4 nitrogen and oxygen atoms in total. The van der Waals surface area contributed by atoms with E-state index in [-0.39, 0.29) is 11.9 Å². The summed E-state index contributed by atoms with van der Waals surface area (Å²) in [7, 11) is 1.82. The zero-order valence-corrected chi connectivity index (χ0v) is 14.6. The lowest BCUT2D eigenvalue weighted by Gasteiger charge is -2.31. The molecule has 3 heterocycles. The highest BCUT2D eigenvalue weighted by Gasteiger charge is 2.23. The van der Waals surface area contributed by atoms with Crippen LogP contribution in [0.15, 0.2) is 33.4 Å². The van der Waals surface area contributed by atoms with E-state index in [0.717, 1.165) is 24.4 Å². The predicted molar refractivity (Wildman–Crippen MR) is 92.7 cm³/mol. The number of carbonyl (C=O) groups is 1. The molecule has 2 aromatic rings. The second-order valence-corrected chi connectivity index (χ2v) is 7.05. The molecule has 23 heavy (non-hydrogen) atoms. The Labute approximate surface area is 141 Å². The van der Waals surface area contributed by atoms with Crippen molar-refractivity contribution in [2.75, 3.05) is 20.1 Å². The maximum absolute atomic E-state index is 12.5. The zero-order chi connectivity index (χ0) is 16.2. The summed E-state index contributed by atoms with van der Waals surface area (Å²) < 4.78 is 5.87. The summed E-state index contributed by atoms with van der Waals surface area (Å²) in [4.78, 5) is 16.6. The predicted octanol–water partition coefficient (Wildman–Crippen LogP) is 4.16. The lowest BCUT2D eigenvalue weighted by molar-refractivity contribution is 0.0745. The van der Waals surface area contributed by atoms with Gasteiger partial charge in [-0.25, -0.2) is 0 Å². The molecule has 0 saturated carbocycles. The topological polar surface area (TPSA) is 36.7 Å². The maximum atomic E-state index is 12.5. The minimum atomic E-state index is -0.0618. The van der Waals surface area contributed by atoms with Crippen LogP contribution in [-0.4, -0.2) is 35.8 Å². The van der Waals surface area contributed by atoms with Crippen LogP contribution in [0.25, 0.3) is 0 Å². The molecule has 1 aliphatic heterocycles. The van der Waals surface area contributed by atoms with Gasteiger partial charge in [-0.3, -0.25) is 9.69 Å². The van der Waals surface area contributed by atoms with Crippen LogP contribution in [0.3, 0.4) is 0 Å². The van der Waals surface area contributed by atoms with Crippen molar-refractivity contribution in [1.82, 2.24) is 9.80 Å². The van der Waals surface area contributed by atoms with Gasteiger partial charge in [0.25, 0.3) is 5.91 Å². The highest BCUT2D eigenvalue weighted by molar-refractivity contribution is 7.07. The highest BCUT2D eigenvalue weighted by atomic mass is 32.1. The molecule has 0 spiro atoms. The Morgan fingerprint density at radius 3 is 2.78 bits per heavy atom. The van der Waals surface area contributed by atoms with Gasteiger partial charge in [0.05, 0.1) is 6.04 Å². The Morgan fingerprint density at radius 2 is 2.09 bits per heavy atom. The number of likely N-dealkylation sites (tertiary alicyclic amines) is 1. The number of hydrogen-bond donors (Lipinski definition) is 0. The molecule has 124 valence electrons. The van der Waals surface area contributed by atoms with E-state index in [1.54, 1.807) is 16.2 Å². The molecule has 1 atom stereocenters. The van der Waals surface area contributed by atoms with Gasteiger partial charge < -0.3 is 9.32 Å². The van der Waals surface area contributed by atoms with Gasteiger partial charge in [-0.15, -0.1) is 0 Å². The first-order chi connectivity index (χ1) is 11.1. The van der Waals surface area contributed by atoms with E-state index in [2.05, 4.69) is 17.2 Å². The van der Waals surface area contributed by atoms with Gasteiger partial charge in [0, 0.05) is 13.6 Å². The fourth-order valence-electron chi connectivity index (χ4n) is 3.09. The van der Waals surface area contributed by atoms with E-state index in [0.29, 0.717) is 12.3 Å². The summed E-state index contributed by atoms with van der Waals surface area (Å²) in [5, 5.41) is 4.09. The number of nitrogens with zero attached hydrogens (tertiary/aromatic N) is 2. The van der Waals surface area contributed by atoms with Crippen molar-refractivity contribution in [2.45, 2.75) is 38.8 Å². The van der Waals surface area contributed by atoms with Crippen LogP contribution in [0.4, 0.5) is 0 Å². The van der Waals surface area contributed by atoms with Crippen molar-refractivity contribution in [2.24, 2.45) is 0 Å². The number of piperidine rings is 1. The average molecular weight is 332 g/mol. The highest BCUT2D eigenvalue weighted by Crippen LogP contribution is 2.26. The fourth-order valence-corrected chi connectivity index (χ4v) is 3.75. The van der Waals surface area contributed by atoms with E-state index < -0.39 is 0 Å². The molecule has 0 aliphatic carbocycles. The first-order valence-electron chi connectivity index (χ1n) is 8.25. The number of thiophene rings is 1. The molecule has 1 unspecified atom stereocenters. The molecular formula is C18H24N2O2S. The molecule has 5 heteroatoms. The molecule has 1 fully saturated rings. The SMILES string of the molecule is CC(c1ccc(C(=O)N(C)Cc2ccsc2)o1)N1CCCCC1. The third-order valence-electron chi connectivity index (χ3n) is 4.53. The molecule has 3 rings (SSSR count). The number of furan rings is 1. The molecule has 2 aromatic heterocycles. The zero-order valence-electron chi connectivity index (χ0n) is 13.8. The van der Waals surface area contributed by atoms with Crippen LogP contribution in [0.1, 0.15) is 54.1 Å². The standard InChI is InChI=1S/C18H24N2O2S/c1-14(20-9-4-3-5-10-20)16-6-7-17(22-16)18(21)19(2)12-15-8-11-23-13-15/h6-8,11,13-14H,3-5,9-10,12H2,1-2H3. The van der Waals surface area contributed by atoms with Gasteiger partial charge in [0.2, 0.25) is 0 Å². The molecule has 0 bridgehead atoms. The van der Waals surface area contributed by atoms with E-state index in [1.807, 2.05) is 30.6 Å². The van der Waals surface area contributed by atoms with Gasteiger partial charge in [0.1, 0.15) is 5.76 Å². The molecule has 0 N–H and O–H groups in total. The number of carbonyl (C=O) groups excluding carboxylic acids is 1. The Hall–Kier alpha value is -1.59. The summed E-state index contributed by atoms with van der Waals surface area (Å²) in [6, 6.07) is 6.03. The van der Waals surface area contributed by atoms with Gasteiger partial charge in [0.15, 0.2) is 5.76 Å². The van der Waals surface area contributed by atoms with Crippen molar-refractivity contribution in [3.8, 4) is 0 Å². The second kappa shape index (κ2) is 7.32. The van der Waals surface area contributed by atoms with Crippen molar-refractivity contribution in [3.05, 3.63) is 46.0 Å². The quantitative estimate of drug-likeness (QED) is 0.825. The smallest absolute Gasteiger partial charge is 0.289 e. The number of amides is 1. The lowest BCUT2D eigenvalue weighted by Crippen LogP contribution is -2.32. The van der Waals surface area contributed by atoms with E-state index in [4.69, 9.17) is 4.42 Å². The summed E-state index contributed by atoms with van der Waals surface area (Å²) >= 11 is 1.65. The van der Waals surface area contributed by atoms with Crippen LogP contribution in [0.2, 0.25) is 0 Å². The normalized spacial score (nSPS) is 17.1. The Balaban J connectivity index is 1.64. The second-order valence-electron chi connectivity index (χ2n) is 6.27. The molecule has 0 radical (unpaired) electrons. The van der Waals surface area contributed by atoms with Crippen LogP contribution in [-0.2, 0) is 6.54 Å². The Bertz CT molecular complexity index is 629. The first-order valence-corrected chi connectivity index (χ1v) is 9.20. The molecular weight excluding hydrogens is 308 g/mol. The van der Waals surface area contributed by atoms with Crippen LogP contribution in [0, 0.1) is 0 Å².